The number of benzene rings is 2. The Bertz CT molecular complexity index is 852. The van der Waals surface area contributed by atoms with Crippen molar-refractivity contribution in [3.05, 3.63) is 64.4 Å². The Morgan fingerprint density at radius 1 is 1.11 bits per heavy atom. The molecule has 0 unspecified atom stereocenters. The molecule has 2 aromatic carbocycles. The largest absolute Gasteiger partial charge is 0.357 e. The number of nitrogens with one attached hydrogen (secondary N) is 3. The maximum absolute atomic E-state index is 13.6. The third-order valence-electron chi connectivity index (χ3n) is 3.38. The van der Waals surface area contributed by atoms with Gasteiger partial charge in [0, 0.05) is 11.6 Å². The summed E-state index contributed by atoms with van der Waals surface area (Å²) in [6.45, 7) is 2.49. The van der Waals surface area contributed by atoms with Crippen molar-refractivity contribution in [2.75, 3.05) is 18.4 Å². The number of nitrogens with zero attached hydrogens (tertiary/aromatic N) is 1. The Hall–Kier alpha value is -2.01. The maximum Gasteiger partial charge on any atom is 0.243 e. The fourth-order valence-electron chi connectivity index (χ4n) is 2.13. The first-order valence-corrected chi connectivity index (χ1v) is 8.48. The van der Waals surface area contributed by atoms with Gasteiger partial charge in [-0.3, -0.25) is 4.79 Å². The highest BCUT2D eigenvalue weighted by Crippen LogP contribution is 2.19. The molecule has 0 aliphatic rings. The molecule has 0 atom stereocenters. The lowest BCUT2D eigenvalue weighted by molar-refractivity contribution is -0.115. The van der Waals surface area contributed by atoms with Crippen LogP contribution in [0, 0.1) is 17.5 Å². The van der Waals surface area contributed by atoms with E-state index in [0.717, 1.165) is 17.7 Å². The normalized spacial score (nSPS) is 10.8. The van der Waals surface area contributed by atoms with E-state index in [1.54, 1.807) is 18.2 Å². The predicted octanol–water partition coefficient (Wildman–Crippen LogP) is 4.07. The lowest BCUT2D eigenvalue weighted by Gasteiger charge is -2.12. The van der Waals surface area contributed by atoms with E-state index in [0.29, 0.717) is 24.1 Å². The van der Waals surface area contributed by atoms with E-state index in [2.05, 4.69) is 20.9 Å². The van der Waals surface area contributed by atoms with Crippen LogP contribution in [0.2, 0.25) is 5.02 Å². The van der Waals surface area contributed by atoms with E-state index in [-0.39, 0.29) is 30.5 Å². The van der Waals surface area contributed by atoms with Gasteiger partial charge in [-0.1, -0.05) is 23.7 Å². The standard InChI is InChI=1S/C18H18ClF3N4O.HI/c1-2-23-18(24-9-11-4-3-5-12(19)8-11)25-10-15(27)26-14-7-6-13(20)16(21)17(14)22;/h3-8H,2,9-10H2,1H3,(H,26,27)(H2,23,24,25);1H. The molecule has 10 heteroatoms. The lowest BCUT2D eigenvalue weighted by atomic mass is 10.2. The summed E-state index contributed by atoms with van der Waals surface area (Å²) < 4.78 is 39.7. The van der Waals surface area contributed by atoms with Crippen LogP contribution >= 0.6 is 35.6 Å². The SMILES string of the molecule is CCNC(=NCc1cccc(Cl)c1)NCC(=O)Nc1ccc(F)c(F)c1F.I. The maximum atomic E-state index is 13.6. The molecule has 0 saturated heterocycles. The number of rotatable bonds is 6. The highest BCUT2D eigenvalue weighted by molar-refractivity contribution is 14.0. The van der Waals surface area contributed by atoms with Gasteiger partial charge < -0.3 is 16.0 Å². The smallest absolute Gasteiger partial charge is 0.243 e. The molecule has 0 heterocycles. The molecule has 0 aliphatic carbocycles. The molecule has 1 amide bonds. The third-order valence-corrected chi connectivity index (χ3v) is 3.61. The van der Waals surface area contributed by atoms with Crippen molar-refractivity contribution < 1.29 is 18.0 Å². The van der Waals surface area contributed by atoms with Gasteiger partial charge in [0.15, 0.2) is 23.4 Å². The number of carbonyl (C=O) groups is 1. The van der Waals surface area contributed by atoms with Crippen molar-refractivity contribution in [2.45, 2.75) is 13.5 Å². The van der Waals surface area contributed by atoms with E-state index >= 15 is 0 Å². The highest BCUT2D eigenvalue weighted by atomic mass is 127. The fraction of sp³-hybridized carbons (Fsp3) is 0.222. The van der Waals surface area contributed by atoms with Crippen molar-refractivity contribution in [1.82, 2.24) is 10.6 Å². The summed E-state index contributed by atoms with van der Waals surface area (Å²) in [7, 11) is 0. The first kappa shape index (κ1) is 24.0. The zero-order valence-corrected chi connectivity index (χ0v) is 17.9. The number of halogens is 5. The van der Waals surface area contributed by atoms with Crippen LogP contribution < -0.4 is 16.0 Å². The second-order valence-electron chi connectivity index (χ2n) is 5.45. The predicted molar refractivity (Wildman–Crippen MR) is 115 cm³/mol. The van der Waals surface area contributed by atoms with Crippen LogP contribution in [0.4, 0.5) is 18.9 Å². The van der Waals surface area contributed by atoms with Gasteiger partial charge >= 0.3 is 0 Å². The van der Waals surface area contributed by atoms with Crippen LogP contribution in [0.25, 0.3) is 0 Å². The molecule has 152 valence electrons. The molecule has 3 N–H and O–H groups in total. The fourth-order valence-corrected chi connectivity index (χ4v) is 2.34. The summed E-state index contributed by atoms with van der Waals surface area (Å²) in [5, 5.41) is 8.50. The summed E-state index contributed by atoms with van der Waals surface area (Å²) >= 11 is 5.92. The Morgan fingerprint density at radius 3 is 2.54 bits per heavy atom. The summed E-state index contributed by atoms with van der Waals surface area (Å²) in [5.74, 6) is -4.71. The van der Waals surface area contributed by atoms with Crippen molar-refractivity contribution in [3.8, 4) is 0 Å². The van der Waals surface area contributed by atoms with Crippen molar-refractivity contribution in [1.29, 1.82) is 0 Å². The van der Waals surface area contributed by atoms with E-state index in [4.69, 9.17) is 11.6 Å². The van der Waals surface area contributed by atoms with Crippen LogP contribution in [0.5, 0.6) is 0 Å². The van der Waals surface area contributed by atoms with E-state index in [9.17, 15) is 18.0 Å². The highest BCUT2D eigenvalue weighted by Gasteiger charge is 2.15. The van der Waals surface area contributed by atoms with Gasteiger partial charge in [-0.25, -0.2) is 18.2 Å². The first-order valence-electron chi connectivity index (χ1n) is 8.10. The van der Waals surface area contributed by atoms with E-state index in [1.165, 1.54) is 0 Å². The van der Waals surface area contributed by atoms with Gasteiger partial charge in [0.2, 0.25) is 5.91 Å². The van der Waals surface area contributed by atoms with E-state index < -0.39 is 29.0 Å². The van der Waals surface area contributed by atoms with Crippen molar-refractivity contribution in [2.24, 2.45) is 4.99 Å². The molecule has 0 aromatic heterocycles. The quantitative estimate of drug-likeness (QED) is 0.230. The minimum absolute atomic E-state index is 0. The van der Waals surface area contributed by atoms with E-state index in [1.807, 2.05) is 13.0 Å². The molecule has 0 spiro atoms. The molecule has 0 bridgehead atoms. The molecule has 0 fully saturated rings. The van der Waals surface area contributed by atoms with Crippen LogP contribution in [-0.4, -0.2) is 25.0 Å². The Labute approximate surface area is 182 Å². The summed E-state index contributed by atoms with van der Waals surface area (Å²) in [6, 6.07) is 8.87. The zero-order valence-electron chi connectivity index (χ0n) is 14.9. The minimum atomic E-state index is -1.64. The van der Waals surface area contributed by atoms with Gasteiger partial charge in [-0.15, -0.1) is 24.0 Å². The van der Waals surface area contributed by atoms with Crippen LogP contribution in [0.15, 0.2) is 41.4 Å². The molecule has 2 aromatic rings. The van der Waals surface area contributed by atoms with Crippen LogP contribution in [0.1, 0.15) is 12.5 Å². The van der Waals surface area contributed by atoms with Crippen LogP contribution in [-0.2, 0) is 11.3 Å². The van der Waals surface area contributed by atoms with Crippen LogP contribution in [0.3, 0.4) is 0 Å². The number of amides is 1. The number of hydrogen-bond acceptors (Lipinski definition) is 2. The van der Waals surface area contributed by atoms with Gasteiger partial charge in [-0.2, -0.15) is 0 Å². The number of aliphatic imine (C=N–C) groups is 1. The number of carbonyl (C=O) groups excluding carboxylic acids is 1. The zero-order chi connectivity index (χ0) is 19.8. The summed E-state index contributed by atoms with van der Waals surface area (Å²) in [6.07, 6.45) is 0. The van der Waals surface area contributed by atoms with Gasteiger partial charge in [0.25, 0.3) is 0 Å². The second-order valence-corrected chi connectivity index (χ2v) is 5.89. The Kier molecular flexibility index (Phi) is 10.1. The third kappa shape index (κ3) is 7.19. The number of guanidine groups is 1. The van der Waals surface area contributed by atoms with Gasteiger partial charge in [0.05, 0.1) is 18.8 Å². The molecule has 2 rings (SSSR count). The van der Waals surface area contributed by atoms with Crippen molar-refractivity contribution >= 4 is 53.1 Å². The molecular formula is C18H19ClF3IN4O. The molecule has 0 radical (unpaired) electrons. The minimum Gasteiger partial charge on any atom is -0.357 e. The monoisotopic (exact) mass is 526 g/mol. The average molecular weight is 527 g/mol. The second kappa shape index (κ2) is 11.7. The molecular weight excluding hydrogens is 508 g/mol. The molecule has 0 saturated carbocycles. The average Bonchev–Trinajstić information content (AvgIpc) is 2.64. The topological polar surface area (TPSA) is 65.5 Å². The van der Waals surface area contributed by atoms with Gasteiger partial charge in [-0.05, 0) is 36.8 Å². The molecule has 0 aliphatic heterocycles. The first-order chi connectivity index (χ1) is 12.9. The van der Waals surface area contributed by atoms with Crippen molar-refractivity contribution in [3.63, 3.8) is 0 Å². The summed E-state index contributed by atoms with van der Waals surface area (Å²) in [4.78, 5) is 16.3. The molecule has 28 heavy (non-hydrogen) atoms. The summed E-state index contributed by atoms with van der Waals surface area (Å²) in [5.41, 5.74) is 0.439. The van der Waals surface area contributed by atoms with Gasteiger partial charge in [0.1, 0.15) is 0 Å². The molecule has 5 nitrogen and oxygen atoms in total. The Morgan fingerprint density at radius 2 is 1.86 bits per heavy atom. The lowest BCUT2D eigenvalue weighted by Crippen LogP contribution is -2.41. The number of hydrogen-bond donors (Lipinski definition) is 3. The Balaban J connectivity index is 0.00000392. The number of anilines is 1.